The molecule has 0 saturated heterocycles. The Labute approximate surface area is 115 Å². The van der Waals surface area contributed by atoms with Crippen LogP contribution >= 0.6 is 0 Å². The predicted octanol–water partition coefficient (Wildman–Crippen LogP) is 3.07. The normalized spacial score (nSPS) is 32.3. The number of nitriles is 1. The maximum absolute atomic E-state index is 11.1. The van der Waals surface area contributed by atoms with Gasteiger partial charge in [-0.05, 0) is 56.3 Å². The lowest BCUT2D eigenvalue weighted by atomic mass is 9.66. The van der Waals surface area contributed by atoms with Crippen LogP contribution in [0.25, 0.3) is 0 Å². The SMILES string of the molecule is CC1(CCC(C#N)S(=O)(=O)O)C=C2CCCC(C2)C1. The molecule has 106 valence electrons. The van der Waals surface area contributed by atoms with Crippen molar-refractivity contribution in [2.75, 3.05) is 0 Å². The van der Waals surface area contributed by atoms with Crippen LogP contribution in [0, 0.1) is 22.7 Å². The Balaban J connectivity index is 2.05. The summed E-state index contributed by atoms with van der Waals surface area (Å²) in [5, 5.41) is 7.54. The van der Waals surface area contributed by atoms with Crippen LogP contribution in [0.2, 0.25) is 0 Å². The molecule has 0 radical (unpaired) electrons. The third-order valence-corrected chi connectivity index (χ3v) is 5.51. The van der Waals surface area contributed by atoms with Crippen molar-refractivity contribution in [2.45, 2.75) is 57.1 Å². The average Bonchev–Trinajstić information content (AvgIpc) is 2.26. The van der Waals surface area contributed by atoms with Crippen LogP contribution in [-0.2, 0) is 10.1 Å². The van der Waals surface area contributed by atoms with Gasteiger partial charge >= 0.3 is 0 Å². The molecule has 1 fully saturated rings. The zero-order valence-electron chi connectivity index (χ0n) is 11.3. The lowest BCUT2D eigenvalue weighted by Gasteiger charge is -2.40. The third kappa shape index (κ3) is 3.58. The number of allylic oxidation sites excluding steroid dienone is 2. The van der Waals surface area contributed by atoms with Crippen LogP contribution < -0.4 is 0 Å². The van der Waals surface area contributed by atoms with E-state index in [0.29, 0.717) is 12.3 Å². The molecule has 2 rings (SSSR count). The fourth-order valence-corrected chi connectivity index (χ4v) is 4.17. The maximum Gasteiger partial charge on any atom is 0.281 e. The Kier molecular flexibility index (Phi) is 4.03. The highest BCUT2D eigenvalue weighted by Crippen LogP contribution is 2.46. The van der Waals surface area contributed by atoms with E-state index in [2.05, 4.69) is 13.0 Å². The summed E-state index contributed by atoms with van der Waals surface area (Å²) < 4.78 is 31.1. The van der Waals surface area contributed by atoms with E-state index in [1.807, 2.05) is 0 Å². The zero-order valence-corrected chi connectivity index (χ0v) is 12.1. The first kappa shape index (κ1) is 14.5. The van der Waals surface area contributed by atoms with Crippen LogP contribution in [0.1, 0.15) is 51.9 Å². The Morgan fingerprint density at radius 3 is 2.95 bits per heavy atom. The summed E-state index contributed by atoms with van der Waals surface area (Å²) in [7, 11) is -4.24. The molecule has 0 aromatic carbocycles. The molecule has 0 aromatic rings. The summed E-state index contributed by atoms with van der Waals surface area (Å²) in [6.45, 7) is 2.14. The molecular weight excluding hydrogens is 262 g/mol. The lowest BCUT2D eigenvalue weighted by molar-refractivity contribution is 0.228. The third-order valence-electron chi connectivity index (χ3n) is 4.45. The second kappa shape index (κ2) is 5.26. The molecule has 0 spiro atoms. The molecule has 4 nitrogen and oxygen atoms in total. The summed E-state index contributed by atoms with van der Waals surface area (Å²) in [4.78, 5) is 0. The van der Waals surface area contributed by atoms with E-state index >= 15 is 0 Å². The van der Waals surface area contributed by atoms with Gasteiger partial charge in [0.2, 0.25) is 0 Å². The molecule has 1 N–H and O–H groups in total. The number of hydrogen-bond donors (Lipinski definition) is 1. The van der Waals surface area contributed by atoms with E-state index in [9.17, 15) is 8.42 Å². The second-order valence-corrected chi connectivity index (χ2v) is 7.89. The quantitative estimate of drug-likeness (QED) is 0.635. The van der Waals surface area contributed by atoms with Gasteiger partial charge in [0.1, 0.15) is 0 Å². The molecule has 3 unspecified atom stereocenters. The Bertz CT molecular complexity index is 517. The molecule has 0 aromatic heterocycles. The van der Waals surface area contributed by atoms with Crippen LogP contribution in [0.5, 0.6) is 0 Å². The summed E-state index contributed by atoms with van der Waals surface area (Å²) in [5.74, 6) is 0.713. The molecule has 0 heterocycles. The van der Waals surface area contributed by atoms with E-state index in [-0.39, 0.29) is 11.8 Å². The highest BCUT2D eigenvalue weighted by molar-refractivity contribution is 7.86. The minimum Gasteiger partial charge on any atom is -0.285 e. The van der Waals surface area contributed by atoms with Gasteiger partial charge in [0, 0.05) is 0 Å². The first-order chi connectivity index (χ1) is 8.82. The van der Waals surface area contributed by atoms with E-state index in [4.69, 9.17) is 9.81 Å². The van der Waals surface area contributed by atoms with E-state index < -0.39 is 15.4 Å². The molecule has 0 aliphatic heterocycles. The summed E-state index contributed by atoms with van der Waals surface area (Å²) in [6.07, 6.45) is 9.08. The first-order valence-corrected chi connectivity index (χ1v) is 8.39. The first-order valence-electron chi connectivity index (χ1n) is 6.89. The van der Waals surface area contributed by atoms with Gasteiger partial charge in [-0.25, -0.2) is 0 Å². The zero-order chi connectivity index (χ0) is 14.1. The monoisotopic (exact) mass is 283 g/mol. The standard InChI is InChI=1S/C14H21NO3S/c1-14(6-5-13(10-15)19(16,17)18)8-11-3-2-4-12(7-11)9-14/h8,12-13H,2-7,9H2,1H3,(H,16,17,18). The van der Waals surface area contributed by atoms with Gasteiger partial charge in [0.15, 0.2) is 5.25 Å². The van der Waals surface area contributed by atoms with Gasteiger partial charge in [-0.3, -0.25) is 4.55 Å². The second-order valence-electron chi connectivity index (χ2n) is 6.29. The van der Waals surface area contributed by atoms with Crippen molar-refractivity contribution < 1.29 is 13.0 Å². The Morgan fingerprint density at radius 1 is 1.63 bits per heavy atom. The number of nitrogens with zero attached hydrogens (tertiary/aromatic N) is 1. The minimum atomic E-state index is -4.24. The summed E-state index contributed by atoms with van der Waals surface area (Å²) in [5.41, 5.74) is 1.48. The molecular formula is C14H21NO3S. The van der Waals surface area contributed by atoms with Crippen molar-refractivity contribution in [3.8, 4) is 6.07 Å². The smallest absolute Gasteiger partial charge is 0.281 e. The molecule has 1 saturated carbocycles. The molecule has 19 heavy (non-hydrogen) atoms. The Hall–Kier alpha value is -0.860. The summed E-state index contributed by atoms with van der Waals surface area (Å²) in [6, 6.07) is 1.69. The van der Waals surface area contributed by atoms with Gasteiger partial charge < -0.3 is 0 Å². The largest absolute Gasteiger partial charge is 0.285 e. The van der Waals surface area contributed by atoms with Crippen LogP contribution in [0.15, 0.2) is 11.6 Å². The van der Waals surface area contributed by atoms with Crippen molar-refractivity contribution in [1.82, 2.24) is 0 Å². The Morgan fingerprint density at radius 2 is 2.37 bits per heavy atom. The van der Waals surface area contributed by atoms with Crippen molar-refractivity contribution in [2.24, 2.45) is 11.3 Å². The highest BCUT2D eigenvalue weighted by atomic mass is 32.2. The number of fused-ring (bicyclic) bond motifs is 2. The van der Waals surface area contributed by atoms with Crippen LogP contribution in [0.3, 0.4) is 0 Å². The molecule has 2 aliphatic carbocycles. The average molecular weight is 283 g/mol. The molecule has 2 aliphatic rings. The molecule has 3 atom stereocenters. The van der Waals surface area contributed by atoms with Crippen LogP contribution in [-0.4, -0.2) is 18.2 Å². The van der Waals surface area contributed by atoms with Gasteiger partial charge in [-0.1, -0.05) is 18.6 Å². The molecule has 2 bridgehead atoms. The number of rotatable bonds is 4. The summed E-state index contributed by atoms with van der Waals surface area (Å²) >= 11 is 0. The van der Waals surface area contributed by atoms with Gasteiger partial charge in [-0.2, -0.15) is 13.7 Å². The van der Waals surface area contributed by atoms with Gasteiger partial charge in [-0.15, -0.1) is 0 Å². The van der Waals surface area contributed by atoms with Crippen molar-refractivity contribution in [1.29, 1.82) is 5.26 Å². The van der Waals surface area contributed by atoms with E-state index in [0.717, 1.165) is 12.8 Å². The van der Waals surface area contributed by atoms with Gasteiger partial charge in [0.05, 0.1) is 6.07 Å². The topological polar surface area (TPSA) is 78.2 Å². The van der Waals surface area contributed by atoms with Crippen molar-refractivity contribution >= 4 is 10.1 Å². The minimum absolute atomic E-state index is 0.0154. The maximum atomic E-state index is 11.1. The predicted molar refractivity (Wildman–Crippen MR) is 72.9 cm³/mol. The van der Waals surface area contributed by atoms with E-state index in [1.165, 1.54) is 24.8 Å². The van der Waals surface area contributed by atoms with Gasteiger partial charge in [0.25, 0.3) is 10.1 Å². The highest BCUT2D eigenvalue weighted by Gasteiger charge is 2.35. The van der Waals surface area contributed by atoms with E-state index in [1.54, 1.807) is 6.07 Å². The van der Waals surface area contributed by atoms with Crippen molar-refractivity contribution in [3.63, 3.8) is 0 Å². The fraction of sp³-hybridized carbons (Fsp3) is 0.786. The molecule has 5 heteroatoms. The molecule has 0 amide bonds. The van der Waals surface area contributed by atoms with Crippen molar-refractivity contribution in [3.05, 3.63) is 11.6 Å². The number of hydrogen-bond acceptors (Lipinski definition) is 3. The van der Waals surface area contributed by atoms with Crippen LogP contribution in [0.4, 0.5) is 0 Å². The fourth-order valence-electron chi connectivity index (χ4n) is 3.62. The lowest BCUT2D eigenvalue weighted by Crippen LogP contribution is -2.29.